The molecule has 0 fully saturated rings. The summed E-state index contributed by atoms with van der Waals surface area (Å²) in [6, 6.07) is 2.20. The summed E-state index contributed by atoms with van der Waals surface area (Å²) in [6.45, 7) is 3.13. The van der Waals surface area contributed by atoms with Gasteiger partial charge in [0.2, 0.25) is 11.7 Å². The van der Waals surface area contributed by atoms with Crippen LogP contribution in [0.25, 0.3) is 0 Å². The van der Waals surface area contributed by atoms with Crippen LogP contribution in [0.3, 0.4) is 0 Å². The van der Waals surface area contributed by atoms with Crippen molar-refractivity contribution >= 4 is 17.3 Å². The van der Waals surface area contributed by atoms with Crippen LogP contribution in [0.1, 0.15) is 19.4 Å². The summed E-state index contributed by atoms with van der Waals surface area (Å²) in [4.78, 5) is 22.3. The van der Waals surface area contributed by atoms with E-state index in [2.05, 4.69) is 0 Å². The minimum absolute atomic E-state index is 0.257. The fourth-order valence-electron chi connectivity index (χ4n) is 1.50. The molecule has 92 valence electrons. The lowest BCUT2D eigenvalue weighted by Gasteiger charge is -2.18. The van der Waals surface area contributed by atoms with Gasteiger partial charge in [-0.1, -0.05) is 6.92 Å². The summed E-state index contributed by atoms with van der Waals surface area (Å²) in [5.74, 6) is -1.19. The van der Waals surface area contributed by atoms with E-state index in [4.69, 9.17) is 0 Å². The number of aryl methyl sites for hydroxylation is 1. The Morgan fingerprint density at radius 2 is 2.12 bits per heavy atom. The first-order chi connectivity index (χ1) is 7.88. The topological polar surface area (TPSA) is 63.5 Å². The van der Waals surface area contributed by atoms with Gasteiger partial charge in [0.15, 0.2) is 0 Å². The molecule has 0 aromatic heterocycles. The van der Waals surface area contributed by atoms with Crippen molar-refractivity contribution < 1.29 is 14.1 Å². The van der Waals surface area contributed by atoms with Crippen molar-refractivity contribution in [2.24, 2.45) is 0 Å². The Hall–Kier alpha value is -1.98. The maximum Gasteiger partial charge on any atom is 0.305 e. The van der Waals surface area contributed by atoms with Crippen molar-refractivity contribution in [2.45, 2.75) is 20.3 Å². The van der Waals surface area contributed by atoms with Gasteiger partial charge in [0.1, 0.15) is 0 Å². The molecule has 0 bridgehead atoms. The standard InChI is InChI=1S/C11H13FN2O3/c1-4-8-5-11(14(16)17)9(12)6-10(8)13(3)7(2)15/h5-6H,4H2,1-3H3. The molecule has 0 saturated heterocycles. The van der Waals surface area contributed by atoms with Crippen molar-refractivity contribution in [3.63, 3.8) is 0 Å². The Labute approximate surface area is 98.0 Å². The van der Waals surface area contributed by atoms with E-state index in [-0.39, 0.29) is 5.91 Å². The quantitative estimate of drug-likeness (QED) is 0.601. The Balaban J connectivity index is 3.38. The molecular weight excluding hydrogens is 227 g/mol. The maximum atomic E-state index is 13.5. The van der Waals surface area contributed by atoms with Crippen LogP contribution in [0.15, 0.2) is 12.1 Å². The summed E-state index contributed by atoms with van der Waals surface area (Å²) in [5, 5.41) is 10.6. The Morgan fingerprint density at radius 1 is 1.53 bits per heavy atom. The molecule has 1 rings (SSSR count). The lowest BCUT2D eigenvalue weighted by atomic mass is 10.1. The van der Waals surface area contributed by atoms with E-state index in [1.807, 2.05) is 0 Å². The Kier molecular flexibility index (Phi) is 3.77. The van der Waals surface area contributed by atoms with Crippen LogP contribution < -0.4 is 4.90 Å². The molecule has 0 unspecified atom stereocenters. The molecule has 1 amide bonds. The van der Waals surface area contributed by atoms with Crippen LogP contribution in [-0.4, -0.2) is 17.9 Å². The summed E-state index contributed by atoms with van der Waals surface area (Å²) < 4.78 is 13.5. The summed E-state index contributed by atoms with van der Waals surface area (Å²) in [7, 11) is 1.50. The van der Waals surface area contributed by atoms with E-state index in [1.54, 1.807) is 6.92 Å². The highest BCUT2D eigenvalue weighted by atomic mass is 19.1. The van der Waals surface area contributed by atoms with Gasteiger partial charge in [0.05, 0.1) is 4.92 Å². The van der Waals surface area contributed by atoms with Gasteiger partial charge in [-0.05, 0) is 12.0 Å². The van der Waals surface area contributed by atoms with Crippen LogP contribution >= 0.6 is 0 Å². The van der Waals surface area contributed by atoms with Crippen LogP contribution in [-0.2, 0) is 11.2 Å². The molecule has 0 saturated carbocycles. The Morgan fingerprint density at radius 3 is 2.53 bits per heavy atom. The molecular formula is C11H13FN2O3. The van der Waals surface area contributed by atoms with Crippen molar-refractivity contribution in [3.8, 4) is 0 Å². The van der Waals surface area contributed by atoms with Gasteiger partial charge in [-0.15, -0.1) is 0 Å². The first-order valence-electron chi connectivity index (χ1n) is 5.09. The zero-order valence-electron chi connectivity index (χ0n) is 9.86. The smallest absolute Gasteiger partial charge is 0.305 e. The highest BCUT2D eigenvalue weighted by Crippen LogP contribution is 2.28. The fraction of sp³-hybridized carbons (Fsp3) is 0.364. The lowest BCUT2D eigenvalue weighted by Crippen LogP contribution is -2.24. The molecule has 5 nitrogen and oxygen atoms in total. The third kappa shape index (κ3) is 2.58. The number of nitrogens with zero attached hydrogens (tertiary/aromatic N) is 2. The van der Waals surface area contributed by atoms with E-state index in [0.29, 0.717) is 17.7 Å². The molecule has 6 heteroatoms. The van der Waals surface area contributed by atoms with Gasteiger partial charge in [0, 0.05) is 31.8 Å². The van der Waals surface area contributed by atoms with Crippen molar-refractivity contribution in [1.82, 2.24) is 0 Å². The third-order valence-corrected chi connectivity index (χ3v) is 2.56. The van der Waals surface area contributed by atoms with Crippen molar-refractivity contribution in [1.29, 1.82) is 0 Å². The van der Waals surface area contributed by atoms with E-state index in [0.717, 1.165) is 6.07 Å². The lowest BCUT2D eigenvalue weighted by molar-refractivity contribution is -0.387. The number of halogens is 1. The molecule has 1 aromatic carbocycles. The normalized spacial score (nSPS) is 10.1. The number of hydrogen-bond acceptors (Lipinski definition) is 3. The summed E-state index contributed by atoms with van der Waals surface area (Å²) >= 11 is 0. The second-order valence-corrected chi connectivity index (χ2v) is 3.62. The van der Waals surface area contributed by atoms with Gasteiger partial charge >= 0.3 is 5.69 Å². The molecule has 0 atom stereocenters. The number of rotatable bonds is 3. The minimum Gasteiger partial charge on any atom is -0.315 e. The van der Waals surface area contributed by atoms with Gasteiger partial charge < -0.3 is 4.90 Å². The molecule has 0 spiro atoms. The van der Waals surface area contributed by atoms with Gasteiger partial charge in [-0.3, -0.25) is 14.9 Å². The second-order valence-electron chi connectivity index (χ2n) is 3.62. The number of carbonyl (C=O) groups is 1. The molecule has 0 aliphatic heterocycles. The number of benzene rings is 1. The Bertz CT molecular complexity index is 474. The molecule has 1 aromatic rings. The van der Waals surface area contributed by atoms with E-state index in [9.17, 15) is 19.3 Å². The molecule has 0 N–H and O–H groups in total. The first-order valence-corrected chi connectivity index (χ1v) is 5.09. The van der Waals surface area contributed by atoms with Gasteiger partial charge in [-0.25, -0.2) is 0 Å². The average Bonchev–Trinajstić information content (AvgIpc) is 2.27. The number of hydrogen-bond donors (Lipinski definition) is 0. The zero-order valence-corrected chi connectivity index (χ0v) is 9.86. The number of amides is 1. The number of nitro groups is 1. The van der Waals surface area contributed by atoms with E-state index in [1.165, 1.54) is 24.9 Å². The number of nitro benzene ring substituents is 1. The monoisotopic (exact) mass is 240 g/mol. The largest absolute Gasteiger partial charge is 0.315 e. The third-order valence-electron chi connectivity index (χ3n) is 2.56. The predicted molar refractivity (Wildman–Crippen MR) is 61.5 cm³/mol. The molecule has 0 heterocycles. The van der Waals surface area contributed by atoms with Crippen LogP contribution in [0.5, 0.6) is 0 Å². The van der Waals surface area contributed by atoms with Crippen LogP contribution in [0.2, 0.25) is 0 Å². The predicted octanol–water partition coefficient (Wildman–Crippen LogP) is 2.28. The van der Waals surface area contributed by atoms with E-state index >= 15 is 0 Å². The maximum absolute atomic E-state index is 13.5. The summed E-state index contributed by atoms with van der Waals surface area (Å²) in [5.41, 5.74) is 0.362. The molecule has 0 radical (unpaired) electrons. The first kappa shape index (κ1) is 13.1. The minimum atomic E-state index is -0.935. The van der Waals surface area contributed by atoms with Crippen LogP contribution in [0, 0.1) is 15.9 Å². The van der Waals surface area contributed by atoms with Gasteiger partial charge in [0.25, 0.3) is 0 Å². The zero-order chi connectivity index (χ0) is 13.2. The fourth-order valence-corrected chi connectivity index (χ4v) is 1.50. The number of anilines is 1. The molecule has 17 heavy (non-hydrogen) atoms. The van der Waals surface area contributed by atoms with Gasteiger partial charge in [-0.2, -0.15) is 4.39 Å². The van der Waals surface area contributed by atoms with Crippen molar-refractivity contribution in [2.75, 3.05) is 11.9 Å². The summed E-state index contributed by atoms with van der Waals surface area (Å²) in [6.07, 6.45) is 0.480. The second kappa shape index (κ2) is 4.90. The average molecular weight is 240 g/mol. The highest BCUT2D eigenvalue weighted by molar-refractivity contribution is 5.92. The SMILES string of the molecule is CCc1cc([N+](=O)[O-])c(F)cc1N(C)C(C)=O. The molecule has 0 aliphatic rings. The number of carbonyl (C=O) groups excluding carboxylic acids is 1. The molecule has 0 aliphatic carbocycles. The highest BCUT2D eigenvalue weighted by Gasteiger charge is 2.20. The van der Waals surface area contributed by atoms with Crippen LogP contribution in [0.4, 0.5) is 15.8 Å². The van der Waals surface area contributed by atoms with Crippen molar-refractivity contribution in [3.05, 3.63) is 33.6 Å². The van der Waals surface area contributed by atoms with E-state index < -0.39 is 16.4 Å².